The third-order valence-corrected chi connectivity index (χ3v) is 12.9. The van der Waals surface area contributed by atoms with Gasteiger partial charge in [-0.15, -0.1) is 11.3 Å². The molecule has 3 aliphatic rings. The summed E-state index contributed by atoms with van der Waals surface area (Å²) in [5.74, 6) is 0.611. The van der Waals surface area contributed by atoms with E-state index in [1.54, 1.807) is 0 Å². The first-order chi connectivity index (χ1) is 25.8. The maximum absolute atomic E-state index is 2.52. The molecule has 52 heavy (non-hydrogen) atoms. The van der Waals surface area contributed by atoms with Gasteiger partial charge in [-0.2, -0.15) is 0 Å². The minimum Gasteiger partial charge on any atom is -0.308 e. The lowest BCUT2D eigenvalue weighted by Gasteiger charge is -2.29. The third-order valence-electron chi connectivity index (χ3n) is 11.7. The largest absolute Gasteiger partial charge is 0.308 e. The molecule has 3 aliphatic carbocycles. The van der Waals surface area contributed by atoms with Crippen LogP contribution in [-0.2, 0) is 0 Å². The molecular formula is C50H37NS. The Labute approximate surface area is 308 Å². The summed E-state index contributed by atoms with van der Waals surface area (Å²) in [5.41, 5.74) is 13.0. The van der Waals surface area contributed by atoms with E-state index in [-0.39, 0.29) is 0 Å². The van der Waals surface area contributed by atoms with Crippen LogP contribution in [0.25, 0.3) is 75.1 Å². The molecule has 0 amide bonds. The smallest absolute Gasteiger partial charge is 0.0640 e. The van der Waals surface area contributed by atoms with Gasteiger partial charge in [0.2, 0.25) is 0 Å². The number of rotatable bonds is 6. The SMILES string of the molecule is c1ccc(N(c2ccc(-c3ccc4cc5cc-5c4c3)cc2)c2cccc3c2sc2ccccc23)c(-c2cccc3cccc(C4CCCCC4)c23)c1. The minimum atomic E-state index is 0.611. The molecule has 11 rings (SSSR count). The zero-order chi connectivity index (χ0) is 34.2. The van der Waals surface area contributed by atoms with Gasteiger partial charge in [0, 0.05) is 26.7 Å². The van der Waals surface area contributed by atoms with E-state index in [1.807, 2.05) is 11.3 Å². The molecule has 1 saturated carbocycles. The number of fused-ring (bicyclic) bond motifs is 7. The molecule has 7 aromatic carbocycles. The Morgan fingerprint density at radius 2 is 1.19 bits per heavy atom. The third kappa shape index (κ3) is 4.82. The van der Waals surface area contributed by atoms with Gasteiger partial charge in [0.1, 0.15) is 0 Å². The van der Waals surface area contributed by atoms with Crippen molar-refractivity contribution in [3.8, 4) is 33.4 Å². The van der Waals surface area contributed by atoms with Crippen LogP contribution in [-0.4, -0.2) is 0 Å². The van der Waals surface area contributed by atoms with Crippen LogP contribution < -0.4 is 4.90 Å². The Morgan fingerprint density at radius 3 is 2.10 bits per heavy atom. The van der Waals surface area contributed by atoms with Gasteiger partial charge in [0.15, 0.2) is 0 Å². The highest BCUT2D eigenvalue weighted by Gasteiger charge is 2.24. The van der Waals surface area contributed by atoms with Crippen LogP contribution in [0.5, 0.6) is 0 Å². The van der Waals surface area contributed by atoms with Gasteiger partial charge in [0.05, 0.1) is 16.1 Å². The van der Waals surface area contributed by atoms with E-state index in [2.05, 4.69) is 163 Å². The molecule has 1 nitrogen and oxygen atoms in total. The topological polar surface area (TPSA) is 3.24 Å². The molecular weight excluding hydrogens is 647 g/mol. The molecule has 0 aliphatic heterocycles. The van der Waals surface area contributed by atoms with E-state index in [0.717, 1.165) is 5.69 Å². The molecule has 248 valence electrons. The van der Waals surface area contributed by atoms with Crippen molar-refractivity contribution in [3.05, 3.63) is 163 Å². The molecule has 0 N–H and O–H groups in total. The summed E-state index contributed by atoms with van der Waals surface area (Å²) in [4.78, 5) is 2.52. The lowest BCUT2D eigenvalue weighted by Crippen LogP contribution is -2.11. The highest BCUT2D eigenvalue weighted by molar-refractivity contribution is 7.26. The van der Waals surface area contributed by atoms with Gasteiger partial charge in [-0.25, -0.2) is 0 Å². The summed E-state index contributed by atoms with van der Waals surface area (Å²) < 4.78 is 2.63. The van der Waals surface area contributed by atoms with Crippen molar-refractivity contribution >= 4 is 70.1 Å². The standard InChI is InChI=1S/C50H37NS/c1-2-11-33(12-3-1)39-17-8-13-34-14-9-18-42(49(34)39)40-15-4-6-20-46(40)51(47-21-10-19-43-41-16-5-7-22-48(41)52-50(43)47)38-27-25-32(26-28-38)35-23-24-36-29-37-31-45(37)44(36)30-35/h4-10,13-31,33H,1-3,11-12H2. The van der Waals surface area contributed by atoms with E-state index in [4.69, 9.17) is 0 Å². The second-order valence-electron chi connectivity index (χ2n) is 14.7. The quantitative estimate of drug-likeness (QED) is 0.169. The highest BCUT2D eigenvalue weighted by Crippen LogP contribution is 2.50. The van der Waals surface area contributed by atoms with Gasteiger partial charge in [-0.3, -0.25) is 0 Å². The van der Waals surface area contributed by atoms with Gasteiger partial charge in [-0.1, -0.05) is 128 Å². The van der Waals surface area contributed by atoms with E-state index in [0.29, 0.717) is 5.92 Å². The Kier molecular flexibility index (Phi) is 6.88. The number of benzene rings is 8. The Balaban J connectivity index is 1.12. The van der Waals surface area contributed by atoms with Crippen LogP contribution >= 0.6 is 11.3 Å². The normalized spacial score (nSPS) is 14.1. The monoisotopic (exact) mass is 683 g/mol. The average molecular weight is 684 g/mol. The molecule has 1 fully saturated rings. The van der Waals surface area contributed by atoms with Crippen molar-refractivity contribution in [2.75, 3.05) is 4.90 Å². The van der Waals surface area contributed by atoms with Crippen molar-refractivity contribution in [2.24, 2.45) is 0 Å². The van der Waals surface area contributed by atoms with Gasteiger partial charge < -0.3 is 4.90 Å². The van der Waals surface area contributed by atoms with Crippen molar-refractivity contribution in [1.29, 1.82) is 0 Å². The predicted octanol–water partition coefficient (Wildman–Crippen LogP) is 15.2. The molecule has 8 aromatic rings. The van der Waals surface area contributed by atoms with Crippen LogP contribution in [0.2, 0.25) is 0 Å². The van der Waals surface area contributed by atoms with Crippen molar-refractivity contribution in [1.82, 2.24) is 0 Å². The average Bonchev–Trinajstić information content (AvgIpc) is 3.73. The van der Waals surface area contributed by atoms with E-state index >= 15 is 0 Å². The number of nitrogens with zero attached hydrogens (tertiary/aromatic N) is 1. The zero-order valence-corrected chi connectivity index (χ0v) is 29.8. The lowest BCUT2D eigenvalue weighted by atomic mass is 9.80. The summed E-state index contributed by atoms with van der Waals surface area (Å²) in [6, 6.07) is 59.4. The summed E-state index contributed by atoms with van der Waals surface area (Å²) in [5, 5.41) is 8.08. The van der Waals surface area contributed by atoms with Crippen molar-refractivity contribution < 1.29 is 0 Å². The molecule has 1 aromatic heterocycles. The van der Waals surface area contributed by atoms with Crippen molar-refractivity contribution in [2.45, 2.75) is 38.0 Å². The van der Waals surface area contributed by atoms with Crippen LogP contribution in [0, 0.1) is 0 Å². The maximum Gasteiger partial charge on any atom is 0.0640 e. The molecule has 0 bridgehead atoms. The Hall–Kier alpha value is -5.70. The Bertz CT molecular complexity index is 2830. The second kappa shape index (κ2) is 11.9. The lowest BCUT2D eigenvalue weighted by molar-refractivity contribution is 0.445. The van der Waals surface area contributed by atoms with Crippen molar-refractivity contribution in [3.63, 3.8) is 0 Å². The van der Waals surface area contributed by atoms with Crippen LogP contribution in [0.1, 0.15) is 43.6 Å². The van der Waals surface area contributed by atoms with Crippen LogP contribution in [0.15, 0.2) is 158 Å². The number of hydrogen-bond donors (Lipinski definition) is 0. The molecule has 1 heterocycles. The van der Waals surface area contributed by atoms with Gasteiger partial charge in [-0.05, 0) is 122 Å². The summed E-state index contributed by atoms with van der Waals surface area (Å²) in [6.07, 6.45) is 6.56. The zero-order valence-electron chi connectivity index (χ0n) is 29.0. The fourth-order valence-electron chi connectivity index (χ4n) is 9.10. The predicted molar refractivity (Wildman–Crippen MR) is 225 cm³/mol. The fourth-order valence-corrected chi connectivity index (χ4v) is 10.3. The number of thiophene rings is 1. The Morgan fingerprint density at radius 1 is 0.462 bits per heavy atom. The summed E-state index contributed by atoms with van der Waals surface area (Å²) >= 11 is 1.90. The van der Waals surface area contributed by atoms with Gasteiger partial charge in [0.25, 0.3) is 0 Å². The minimum absolute atomic E-state index is 0.611. The maximum atomic E-state index is 2.52. The fraction of sp³-hybridized carbons (Fsp3) is 0.120. The summed E-state index contributed by atoms with van der Waals surface area (Å²) in [6.45, 7) is 0. The number of anilines is 3. The van der Waals surface area contributed by atoms with E-state index in [9.17, 15) is 0 Å². The molecule has 0 radical (unpaired) electrons. The first-order valence-corrected chi connectivity index (χ1v) is 19.6. The molecule has 2 heteroatoms. The first-order valence-electron chi connectivity index (χ1n) is 18.8. The first kappa shape index (κ1) is 30.0. The van der Waals surface area contributed by atoms with Crippen LogP contribution in [0.4, 0.5) is 17.1 Å². The van der Waals surface area contributed by atoms with Gasteiger partial charge >= 0.3 is 0 Å². The molecule has 0 spiro atoms. The summed E-state index contributed by atoms with van der Waals surface area (Å²) in [7, 11) is 0. The number of para-hydroxylation sites is 1. The number of hydrogen-bond acceptors (Lipinski definition) is 2. The molecule has 0 saturated heterocycles. The van der Waals surface area contributed by atoms with E-state index in [1.165, 1.54) is 124 Å². The van der Waals surface area contributed by atoms with E-state index < -0.39 is 0 Å². The second-order valence-corrected chi connectivity index (χ2v) is 15.7. The molecule has 0 unspecified atom stereocenters. The molecule has 0 atom stereocenters. The van der Waals surface area contributed by atoms with Crippen LogP contribution in [0.3, 0.4) is 0 Å². The highest BCUT2D eigenvalue weighted by atomic mass is 32.1.